The molecule has 0 radical (unpaired) electrons. The van der Waals surface area contributed by atoms with E-state index in [0.29, 0.717) is 22.3 Å². The van der Waals surface area contributed by atoms with Gasteiger partial charge in [-0.2, -0.15) is 4.39 Å². The Bertz CT molecular complexity index is 1180. The van der Waals surface area contributed by atoms with Gasteiger partial charge in [0.25, 0.3) is 6.01 Å². The Morgan fingerprint density at radius 2 is 1.81 bits per heavy atom. The molecule has 162 valence electrons. The van der Waals surface area contributed by atoms with Gasteiger partial charge < -0.3 is 14.3 Å². The smallest absolute Gasteiger partial charge is 0.347 e. The number of allylic oxidation sites excluding steroid dienone is 1. The number of ether oxygens (including phenoxy) is 1. The fourth-order valence-corrected chi connectivity index (χ4v) is 3.79. The lowest BCUT2D eigenvalue weighted by Gasteiger charge is -2.24. The van der Waals surface area contributed by atoms with Crippen LogP contribution in [-0.2, 0) is 4.79 Å². The second-order valence-electron chi connectivity index (χ2n) is 7.71. The van der Waals surface area contributed by atoms with Gasteiger partial charge in [-0.05, 0) is 81.0 Å². The van der Waals surface area contributed by atoms with Crippen LogP contribution in [0.3, 0.4) is 0 Å². The van der Waals surface area contributed by atoms with Gasteiger partial charge in [-0.25, -0.2) is 4.79 Å². The van der Waals surface area contributed by atoms with E-state index < -0.39 is 17.6 Å². The average molecular weight is 443 g/mol. The van der Waals surface area contributed by atoms with Gasteiger partial charge in [0.2, 0.25) is 0 Å². The summed E-state index contributed by atoms with van der Waals surface area (Å²) in [4.78, 5) is 24.9. The number of fused-ring (bicyclic) bond motifs is 1. The molecule has 1 heterocycles. The Labute approximate surface area is 183 Å². The van der Waals surface area contributed by atoms with Crippen LogP contribution < -0.4 is 4.74 Å². The van der Waals surface area contributed by atoms with Gasteiger partial charge in [0, 0.05) is 17.0 Å². The predicted octanol–water partition coefficient (Wildman–Crippen LogP) is 6.05. The molecule has 3 aromatic rings. The SMILES string of the molecule is CSc1ccc(C(=O)/C=C/c2cc(C)c(OC(C)(C)C(=O)O)c(C)c2)c2cc(F)oc12. The largest absolute Gasteiger partial charge is 0.478 e. The molecular weight excluding hydrogens is 419 g/mol. The average Bonchev–Trinajstić information content (AvgIpc) is 3.09. The van der Waals surface area contributed by atoms with Crippen molar-refractivity contribution in [2.45, 2.75) is 38.2 Å². The standard InChI is InChI=1S/C24H23FO5S/c1-13-10-15(11-14(2)21(13)30-24(3,4)23(27)28)6-8-18(26)16-7-9-19(31-5)22-17(16)12-20(25)29-22/h6-12H,1-5H3,(H,27,28)/b8-6+. The second kappa shape index (κ2) is 8.59. The van der Waals surface area contributed by atoms with Crippen molar-refractivity contribution in [3.63, 3.8) is 0 Å². The van der Waals surface area contributed by atoms with Gasteiger partial charge >= 0.3 is 5.97 Å². The first-order valence-corrected chi connectivity index (χ1v) is 10.8. The number of aliphatic carboxylic acids is 1. The van der Waals surface area contributed by atoms with Crippen molar-refractivity contribution in [1.29, 1.82) is 0 Å². The Morgan fingerprint density at radius 1 is 1.16 bits per heavy atom. The second-order valence-corrected chi connectivity index (χ2v) is 8.56. The van der Waals surface area contributed by atoms with Gasteiger partial charge in [0.05, 0.1) is 4.90 Å². The van der Waals surface area contributed by atoms with Crippen molar-refractivity contribution < 1.29 is 28.2 Å². The zero-order valence-corrected chi connectivity index (χ0v) is 18.7. The number of furan rings is 1. The van der Waals surface area contributed by atoms with Crippen LogP contribution in [0, 0.1) is 19.9 Å². The van der Waals surface area contributed by atoms with E-state index in [2.05, 4.69) is 0 Å². The molecule has 0 aliphatic rings. The van der Waals surface area contributed by atoms with Crippen molar-refractivity contribution in [1.82, 2.24) is 0 Å². The normalized spacial score (nSPS) is 11.9. The van der Waals surface area contributed by atoms with Crippen LogP contribution in [-0.4, -0.2) is 28.7 Å². The lowest BCUT2D eigenvalue weighted by atomic mass is 10.0. The number of aryl methyl sites for hydroxylation is 2. The fourth-order valence-electron chi connectivity index (χ4n) is 3.25. The maximum atomic E-state index is 13.7. The number of ketones is 1. The van der Waals surface area contributed by atoms with Crippen LogP contribution in [0.2, 0.25) is 0 Å². The molecule has 1 N–H and O–H groups in total. The van der Waals surface area contributed by atoms with Crippen LogP contribution in [0.4, 0.5) is 4.39 Å². The van der Waals surface area contributed by atoms with E-state index in [4.69, 9.17) is 9.15 Å². The molecule has 3 rings (SSSR count). The number of carbonyl (C=O) groups is 2. The highest BCUT2D eigenvalue weighted by Crippen LogP contribution is 2.32. The topological polar surface area (TPSA) is 76.7 Å². The molecule has 7 heteroatoms. The van der Waals surface area contributed by atoms with Crippen molar-refractivity contribution in [2.75, 3.05) is 6.26 Å². The summed E-state index contributed by atoms with van der Waals surface area (Å²) in [6.45, 7) is 6.61. The first-order chi connectivity index (χ1) is 14.5. The third kappa shape index (κ3) is 4.66. The third-order valence-electron chi connectivity index (χ3n) is 4.88. The molecule has 0 fully saturated rings. The minimum absolute atomic E-state index is 0.277. The van der Waals surface area contributed by atoms with Crippen molar-refractivity contribution in [3.05, 3.63) is 64.7 Å². The van der Waals surface area contributed by atoms with E-state index in [1.807, 2.05) is 32.2 Å². The number of carboxylic acid groups (broad SMARTS) is 1. The molecule has 1 aromatic heterocycles. The molecule has 0 aliphatic carbocycles. The first-order valence-electron chi connectivity index (χ1n) is 9.55. The van der Waals surface area contributed by atoms with Gasteiger partial charge in [-0.3, -0.25) is 4.79 Å². The maximum Gasteiger partial charge on any atom is 0.347 e. The van der Waals surface area contributed by atoms with Gasteiger partial charge in [-0.15, -0.1) is 11.8 Å². The molecule has 0 saturated carbocycles. The molecule has 0 aliphatic heterocycles. The molecule has 0 saturated heterocycles. The van der Waals surface area contributed by atoms with E-state index in [9.17, 15) is 19.1 Å². The zero-order chi connectivity index (χ0) is 22.9. The highest BCUT2D eigenvalue weighted by Gasteiger charge is 2.30. The van der Waals surface area contributed by atoms with Crippen LogP contribution in [0.1, 0.15) is 40.9 Å². The molecule has 0 atom stereocenters. The Kier molecular flexibility index (Phi) is 6.27. The number of benzene rings is 2. The van der Waals surface area contributed by atoms with Crippen molar-refractivity contribution >= 4 is 40.6 Å². The lowest BCUT2D eigenvalue weighted by Crippen LogP contribution is -2.38. The van der Waals surface area contributed by atoms with E-state index in [-0.39, 0.29) is 5.78 Å². The van der Waals surface area contributed by atoms with Gasteiger partial charge in [-0.1, -0.05) is 6.08 Å². The number of thioether (sulfide) groups is 1. The number of rotatable bonds is 7. The zero-order valence-electron chi connectivity index (χ0n) is 17.9. The molecular formula is C24H23FO5S. The molecule has 0 bridgehead atoms. The first kappa shape index (κ1) is 22.6. The summed E-state index contributed by atoms with van der Waals surface area (Å²) in [5.41, 5.74) is 1.62. The number of hydrogen-bond acceptors (Lipinski definition) is 5. The minimum Gasteiger partial charge on any atom is -0.478 e. The van der Waals surface area contributed by atoms with Crippen LogP contribution in [0.15, 0.2) is 45.7 Å². The fraction of sp³-hybridized carbons (Fsp3) is 0.250. The molecule has 0 spiro atoms. The number of carbonyl (C=O) groups excluding carboxylic acids is 1. The number of halogens is 1. The van der Waals surface area contributed by atoms with Gasteiger partial charge in [0.1, 0.15) is 5.75 Å². The maximum absolute atomic E-state index is 13.7. The highest BCUT2D eigenvalue weighted by atomic mass is 32.2. The summed E-state index contributed by atoms with van der Waals surface area (Å²) < 4.78 is 24.5. The summed E-state index contributed by atoms with van der Waals surface area (Å²) in [6, 6.07) is 7.52. The summed E-state index contributed by atoms with van der Waals surface area (Å²) >= 11 is 1.41. The van der Waals surface area contributed by atoms with Crippen molar-refractivity contribution in [2.24, 2.45) is 0 Å². The summed E-state index contributed by atoms with van der Waals surface area (Å²) in [5, 5.41) is 9.73. The molecule has 0 unspecified atom stereocenters. The predicted molar refractivity (Wildman–Crippen MR) is 120 cm³/mol. The quantitative estimate of drug-likeness (QED) is 0.273. The van der Waals surface area contributed by atoms with Crippen LogP contribution in [0.5, 0.6) is 5.75 Å². The van der Waals surface area contributed by atoms with Crippen LogP contribution in [0.25, 0.3) is 17.0 Å². The Hall–Kier alpha value is -3.06. The van der Waals surface area contributed by atoms with E-state index in [1.54, 1.807) is 18.2 Å². The van der Waals surface area contributed by atoms with Crippen LogP contribution >= 0.6 is 11.8 Å². The van der Waals surface area contributed by atoms with Crippen molar-refractivity contribution in [3.8, 4) is 5.75 Å². The van der Waals surface area contributed by atoms with E-state index >= 15 is 0 Å². The molecule has 0 amide bonds. The molecule has 5 nitrogen and oxygen atoms in total. The summed E-state index contributed by atoms with van der Waals surface area (Å²) in [5.74, 6) is -0.837. The molecule has 2 aromatic carbocycles. The number of carboxylic acids is 1. The Balaban J connectivity index is 1.90. The minimum atomic E-state index is -1.36. The molecule has 31 heavy (non-hydrogen) atoms. The summed E-state index contributed by atoms with van der Waals surface area (Å²) in [6.07, 6.45) is 4.94. The van der Waals surface area contributed by atoms with Gasteiger partial charge in [0.15, 0.2) is 17.0 Å². The highest BCUT2D eigenvalue weighted by molar-refractivity contribution is 7.98. The summed E-state index contributed by atoms with van der Waals surface area (Å²) in [7, 11) is 0. The van der Waals surface area contributed by atoms with E-state index in [0.717, 1.165) is 21.6 Å². The third-order valence-corrected chi connectivity index (χ3v) is 5.65. The number of hydrogen-bond donors (Lipinski definition) is 1. The lowest BCUT2D eigenvalue weighted by molar-refractivity contribution is -0.152. The Morgan fingerprint density at radius 3 is 2.39 bits per heavy atom. The monoisotopic (exact) mass is 442 g/mol. The van der Waals surface area contributed by atoms with E-state index in [1.165, 1.54) is 37.8 Å².